The number of rotatable bonds is 5. The molecule has 2 aromatic rings. The van der Waals surface area contributed by atoms with Crippen LogP contribution in [-0.4, -0.2) is 45.2 Å². The van der Waals surface area contributed by atoms with Crippen molar-refractivity contribution < 1.29 is 9.47 Å². The summed E-state index contributed by atoms with van der Waals surface area (Å²) in [6.45, 7) is 2.63. The third-order valence-electron chi connectivity index (χ3n) is 4.77. The van der Waals surface area contributed by atoms with Crippen molar-refractivity contribution in [3.05, 3.63) is 59.2 Å². The van der Waals surface area contributed by atoms with Crippen LogP contribution in [0.3, 0.4) is 0 Å². The topological polar surface area (TPSA) is 46.1 Å². The zero-order valence-corrected chi connectivity index (χ0v) is 18.5. The highest BCUT2D eigenvalue weighted by Crippen LogP contribution is 2.33. The van der Waals surface area contributed by atoms with Crippen LogP contribution < -0.4 is 14.8 Å². The Kier molecular flexibility index (Phi) is 8.22. The molecule has 2 aromatic carbocycles. The number of benzene rings is 2. The normalized spacial score (nSPS) is 13.4. The molecule has 1 aliphatic heterocycles. The van der Waals surface area contributed by atoms with Gasteiger partial charge in [0.15, 0.2) is 17.5 Å². The summed E-state index contributed by atoms with van der Waals surface area (Å²) in [5.74, 6) is 2.52. The van der Waals surface area contributed by atoms with E-state index in [1.54, 1.807) is 14.2 Å². The third kappa shape index (κ3) is 5.28. The number of hydrogen-bond acceptors (Lipinski definition) is 3. The Hall–Kier alpha value is -1.96. The molecule has 1 N–H and O–H groups in total. The Morgan fingerprint density at radius 2 is 1.74 bits per heavy atom. The van der Waals surface area contributed by atoms with Crippen LogP contribution >= 0.6 is 24.0 Å². The predicted molar refractivity (Wildman–Crippen MR) is 121 cm³/mol. The molecule has 3 rings (SSSR count). The molecule has 146 valence electrons. The van der Waals surface area contributed by atoms with Crippen molar-refractivity contribution in [3.63, 3.8) is 0 Å². The standard InChI is InChI=1S/C21H27N3O2.HI/c1-22-21(23-11-9-16-7-5-4-6-8-16)24-12-10-17-13-19(25-2)20(26-3)14-18(17)15-24;/h4-8,13-14H,9-12,15H2,1-3H3,(H,22,23);1H. The van der Waals surface area contributed by atoms with Crippen LogP contribution in [0.2, 0.25) is 0 Å². The summed E-state index contributed by atoms with van der Waals surface area (Å²) in [5, 5.41) is 3.49. The maximum atomic E-state index is 5.45. The molecule has 1 aliphatic rings. The smallest absolute Gasteiger partial charge is 0.193 e. The Labute approximate surface area is 178 Å². The Bertz CT molecular complexity index is 766. The molecule has 0 saturated heterocycles. The lowest BCUT2D eigenvalue weighted by molar-refractivity contribution is 0.346. The summed E-state index contributed by atoms with van der Waals surface area (Å²) < 4.78 is 10.9. The van der Waals surface area contributed by atoms with Crippen LogP contribution in [-0.2, 0) is 19.4 Å². The number of guanidine groups is 1. The van der Waals surface area contributed by atoms with E-state index in [1.807, 2.05) is 13.1 Å². The van der Waals surface area contributed by atoms with E-state index in [2.05, 4.69) is 51.6 Å². The first-order valence-corrected chi connectivity index (χ1v) is 8.98. The number of nitrogens with one attached hydrogen (secondary N) is 1. The number of nitrogens with zero attached hydrogens (tertiary/aromatic N) is 2. The van der Waals surface area contributed by atoms with E-state index in [4.69, 9.17) is 9.47 Å². The van der Waals surface area contributed by atoms with Gasteiger partial charge in [0.1, 0.15) is 0 Å². The van der Waals surface area contributed by atoms with Gasteiger partial charge in [0, 0.05) is 26.7 Å². The van der Waals surface area contributed by atoms with Crippen molar-refractivity contribution in [2.75, 3.05) is 34.4 Å². The molecule has 0 saturated carbocycles. The molecule has 5 nitrogen and oxygen atoms in total. The summed E-state index contributed by atoms with van der Waals surface area (Å²) in [7, 11) is 5.20. The highest BCUT2D eigenvalue weighted by molar-refractivity contribution is 14.0. The average molecular weight is 481 g/mol. The predicted octanol–water partition coefficient (Wildman–Crippen LogP) is 3.50. The summed E-state index contributed by atoms with van der Waals surface area (Å²) in [5.41, 5.74) is 3.91. The van der Waals surface area contributed by atoms with Gasteiger partial charge in [0.25, 0.3) is 0 Å². The maximum absolute atomic E-state index is 5.45. The van der Waals surface area contributed by atoms with Crippen LogP contribution in [0.1, 0.15) is 16.7 Å². The van der Waals surface area contributed by atoms with Crippen LogP contribution in [0.25, 0.3) is 0 Å². The molecule has 1 heterocycles. The molecule has 0 radical (unpaired) electrons. The summed E-state index contributed by atoms with van der Waals surface area (Å²) >= 11 is 0. The Morgan fingerprint density at radius 3 is 2.37 bits per heavy atom. The summed E-state index contributed by atoms with van der Waals surface area (Å²) in [4.78, 5) is 6.76. The van der Waals surface area contributed by atoms with Crippen molar-refractivity contribution in [2.24, 2.45) is 4.99 Å². The number of methoxy groups -OCH3 is 2. The Balaban J connectivity index is 0.00000261. The molecule has 0 amide bonds. The molecular weight excluding hydrogens is 453 g/mol. The van der Waals surface area contributed by atoms with Gasteiger partial charge < -0.3 is 19.7 Å². The minimum atomic E-state index is 0. The van der Waals surface area contributed by atoms with Gasteiger partial charge in [-0.3, -0.25) is 4.99 Å². The van der Waals surface area contributed by atoms with E-state index < -0.39 is 0 Å². The second-order valence-electron chi connectivity index (χ2n) is 6.36. The van der Waals surface area contributed by atoms with Crippen molar-refractivity contribution >= 4 is 29.9 Å². The monoisotopic (exact) mass is 481 g/mol. The fourth-order valence-electron chi connectivity index (χ4n) is 3.36. The van der Waals surface area contributed by atoms with Gasteiger partial charge in [0.05, 0.1) is 14.2 Å². The lowest BCUT2D eigenvalue weighted by atomic mass is 9.99. The molecule has 0 bridgehead atoms. The fraction of sp³-hybridized carbons (Fsp3) is 0.381. The number of fused-ring (bicyclic) bond motifs is 1. The minimum Gasteiger partial charge on any atom is -0.493 e. The number of hydrogen-bond donors (Lipinski definition) is 1. The van der Waals surface area contributed by atoms with Gasteiger partial charge in [-0.2, -0.15) is 0 Å². The van der Waals surface area contributed by atoms with Gasteiger partial charge in [-0.25, -0.2) is 0 Å². The molecule has 0 aliphatic carbocycles. The van der Waals surface area contributed by atoms with Crippen molar-refractivity contribution in [1.82, 2.24) is 10.2 Å². The molecule has 0 aromatic heterocycles. The van der Waals surface area contributed by atoms with E-state index in [-0.39, 0.29) is 24.0 Å². The zero-order chi connectivity index (χ0) is 18.4. The van der Waals surface area contributed by atoms with Crippen LogP contribution in [0, 0.1) is 0 Å². The second kappa shape index (κ2) is 10.4. The van der Waals surface area contributed by atoms with Gasteiger partial charge in [-0.15, -0.1) is 24.0 Å². The molecule has 0 unspecified atom stereocenters. The maximum Gasteiger partial charge on any atom is 0.193 e. The molecule has 27 heavy (non-hydrogen) atoms. The molecule has 0 fully saturated rings. The lowest BCUT2D eigenvalue weighted by Gasteiger charge is -2.32. The van der Waals surface area contributed by atoms with E-state index in [0.717, 1.165) is 49.9 Å². The molecule has 0 spiro atoms. The zero-order valence-electron chi connectivity index (χ0n) is 16.2. The fourth-order valence-corrected chi connectivity index (χ4v) is 3.36. The molecule has 0 atom stereocenters. The van der Waals surface area contributed by atoms with E-state index in [1.165, 1.54) is 16.7 Å². The van der Waals surface area contributed by atoms with Crippen LogP contribution in [0.5, 0.6) is 11.5 Å². The average Bonchev–Trinajstić information content (AvgIpc) is 2.70. The highest BCUT2D eigenvalue weighted by atomic mass is 127. The van der Waals surface area contributed by atoms with Crippen molar-refractivity contribution in [2.45, 2.75) is 19.4 Å². The highest BCUT2D eigenvalue weighted by Gasteiger charge is 2.21. The quantitative estimate of drug-likeness (QED) is 0.404. The van der Waals surface area contributed by atoms with Gasteiger partial charge in [-0.05, 0) is 41.7 Å². The van der Waals surface area contributed by atoms with Gasteiger partial charge >= 0.3 is 0 Å². The van der Waals surface area contributed by atoms with Crippen molar-refractivity contribution in [3.8, 4) is 11.5 Å². The SMILES string of the molecule is CN=C(NCCc1ccccc1)N1CCc2cc(OC)c(OC)cc2C1.I. The lowest BCUT2D eigenvalue weighted by Crippen LogP contribution is -2.44. The summed E-state index contributed by atoms with van der Waals surface area (Å²) in [6.07, 6.45) is 1.95. The number of halogens is 1. The third-order valence-corrected chi connectivity index (χ3v) is 4.77. The largest absolute Gasteiger partial charge is 0.493 e. The Morgan fingerprint density at radius 1 is 1.07 bits per heavy atom. The van der Waals surface area contributed by atoms with E-state index in [9.17, 15) is 0 Å². The first-order valence-electron chi connectivity index (χ1n) is 8.98. The van der Waals surface area contributed by atoms with E-state index in [0.29, 0.717) is 0 Å². The van der Waals surface area contributed by atoms with Crippen LogP contribution in [0.4, 0.5) is 0 Å². The first-order chi connectivity index (χ1) is 12.7. The van der Waals surface area contributed by atoms with Crippen molar-refractivity contribution in [1.29, 1.82) is 0 Å². The van der Waals surface area contributed by atoms with Gasteiger partial charge in [0.2, 0.25) is 0 Å². The minimum absolute atomic E-state index is 0. The number of ether oxygens (including phenoxy) is 2. The number of aliphatic imine (C=N–C) groups is 1. The van der Waals surface area contributed by atoms with Crippen LogP contribution in [0.15, 0.2) is 47.5 Å². The van der Waals surface area contributed by atoms with Gasteiger partial charge in [-0.1, -0.05) is 30.3 Å². The second-order valence-corrected chi connectivity index (χ2v) is 6.36. The van der Waals surface area contributed by atoms with E-state index >= 15 is 0 Å². The first kappa shape index (κ1) is 21.3. The molecular formula is C21H28IN3O2. The summed E-state index contributed by atoms with van der Waals surface area (Å²) in [6, 6.07) is 14.7. The molecule has 6 heteroatoms.